The maximum absolute atomic E-state index is 4.37. The number of aryl methyl sites for hydroxylation is 2. The second kappa shape index (κ2) is 5.79. The fourth-order valence-electron chi connectivity index (χ4n) is 1.26. The maximum Gasteiger partial charge on any atom is 0.0624 e. The van der Waals surface area contributed by atoms with Gasteiger partial charge in [0.05, 0.1) is 5.69 Å². The Balaban J connectivity index is 0.000000671. The second-order valence-electron chi connectivity index (χ2n) is 3.19. The third kappa shape index (κ3) is 3.21. The molecule has 1 rings (SSSR count). The van der Waals surface area contributed by atoms with Crippen molar-refractivity contribution in [2.24, 2.45) is 7.05 Å². The summed E-state index contributed by atoms with van der Waals surface area (Å²) in [6.07, 6.45) is 1.03. The highest BCUT2D eigenvalue weighted by molar-refractivity contribution is 5.13. The normalized spacial score (nSPS) is 9.77. The van der Waals surface area contributed by atoms with E-state index in [1.165, 1.54) is 11.4 Å². The monoisotopic (exact) mass is 182 g/mol. The van der Waals surface area contributed by atoms with E-state index in [-0.39, 0.29) is 0 Å². The lowest BCUT2D eigenvalue weighted by Crippen LogP contribution is -1.99. The lowest BCUT2D eigenvalue weighted by Gasteiger charge is -2.02. The fraction of sp³-hybridized carbons (Fsp3) is 0.727. The van der Waals surface area contributed by atoms with Crippen LogP contribution in [0.15, 0.2) is 6.07 Å². The molecule has 0 unspecified atom stereocenters. The van der Waals surface area contributed by atoms with Crippen LogP contribution in [-0.2, 0) is 13.5 Å². The highest BCUT2D eigenvalue weighted by Crippen LogP contribution is 2.14. The van der Waals surface area contributed by atoms with E-state index in [1.54, 1.807) is 0 Å². The molecule has 1 heterocycles. The van der Waals surface area contributed by atoms with Gasteiger partial charge in [-0.1, -0.05) is 34.6 Å². The summed E-state index contributed by atoms with van der Waals surface area (Å²) in [5.74, 6) is 0.577. The molecule has 2 nitrogen and oxygen atoms in total. The van der Waals surface area contributed by atoms with Gasteiger partial charge in [0.2, 0.25) is 0 Å². The van der Waals surface area contributed by atoms with Crippen molar-refractivity contribution in [1.29, 1.82) is 0 Å². The smallest absolute Gasteiger partial charge is 0.0624 e. The van der Waals surface area contributed by atoms with Crippen LogP contribution < -0.4 is 0 Å². The van der Waals surface area contributed by atoms with Gasteiger partial charge >= 0.3 is 0 Å². The minimum absolute atomic E-state index is 0.577. The molecule has 0 amide bonds. The Hall–Kier alpha value is -0.790. The maximum atomic E-state index is 4.37. The molecule has 0 aliphatic heterocycles. The highest BCUT2D eigenvalue weighted by atomic mass is 15.3. The summed E-state index contributed by atoms with van der Waals surface area (Å²) in [6.45, 7) is 10.5. The predicted molar refractivity (Wildman–Crippen MR) is 58.0 cm³/mol. The van der Waals surface area contributed by atoms with E-state index in [4.69, 9.17) is 0 Å². The van der Waals surface area contributed by atoms with Gasteiger partial charge in [0.1, 0.15) is 0 Å². The van der Waals surface area contributed by atoms with E-state index in [0.717, 1.165) is 6.42 Å². The van der Waals surface area contributed by atoms with Crippen LogP contribution in [-0.4, -0.2) is 9.78 Å². The Labute approximate surface area is 82.0 Å². The average molecular weight is 182 g/mol. The first-order valence-corrected chi connectivity index (χ1v) is 5.18. The zero-order chi connectivity index (χ0) is 10.4. The first kappa shape index (κ1) is 12.2. The molecular formula is C11H22N2. The largest absolute Gasteiger partial charge is 0.272 e. The zero-order valence-corrected chi connectivity index (χ0v) is 9.76. The van der Waals surface area contributed by atoms with Crippen LogP contribution in [0.1, 0.15) is 51.9 Å². The molecule has 0 aliphatic rings. The molecule has 0 atom stereocenters. The van der Waals surface area contributed by atoms with E-state index in [9.17, 15) is 0 Å². The SMILES string of the molecule is CC.CCc1cc(C(C)C)n(C)n1. The molecule has 0 saturated heterocycles. The first-order valence-electron chi connectivity index (χ1n) is 5.18. The lowest BCUT2D eigenvalue weighted by molar-refractivity contribution is 0.662. The molecule has 1 aromatic heterocycles. The van der Waals surface area contributed by atoms with Crippen molar-refractivity contribution < 1.29 is 0 Å². The zero-order valence-electron chi connectivity index (χ0n) is 9.76. The summed E-state index contributed by atoms with van der Waals surface area (Å²) >= 11 is 0. The van der Waals surface area contributed by atoms with Gasteiger partial charge in [0.25, 0.3) is 0 Å². The topological polar surface area (TPSA) is 17.8 Å². The third-order valence-electron chi connectivity index (χ3n) is 1.92. The number of rotatable bonds is 2. The fourth-order valence-corrected chi connectivity index (χ4v) is 1.26. The summed E-state index contributed by atoms with van der Waals surface area (Å²) in [5, 5.41) is 4.37. The van der Waals surface area contributed by atoms with Crippen molar-refractivity contribution in [2.45, 2.75) is 47.0 Å². The minimum atomic E-state index is 0.577. The van der Waals surface area contributed by atoms with Gasteiger partial charge in [-0.3, -0.25) is 4.68 Å². The lowest BCUT2D eigenvalue weighted by atomic mass is 10.1. The van der Waals surface area contributed by atoms with Crippen LogP contribution in [0.5, 0.6) is 0 Å². The molecule has 0 fully saturated rings. The quantitative estimate of drug-likeness (QED) is 0.687. The van der Waals surface area contributed by atoms with Crippen molar-refractivity contribution >= 4 is 0 Å². The predicted octanol–water partition coefficient (Wildman–Crippen LogP) is 3.13. The van der Waals surface area contributed by atoms with Crippen LogP contribution in [0, 0.1) is 0 Å². The Morgan fingerprint density at radius 1 is 1.38 bits per heavy atom. The standard InChI is InChI=1S/C9H16N2.C2H6/c1-5-8-6-9(7(2)3)11(4)10-8;1-2/h6-7H,5H2,1-4H3;1-2H3. The molecule has 0 aromatic carbocycles. The van der Waals surface area contributed by atoms with Gasteiger partial charge in [-0.2, -0.15) is 5.10 Å². The number of hydrogen-bond acceptors (Lipinski definition) is 1. The van der Waals surface area contributed by atoms with Crippen molar-refractivity contribution in [1.82, 2.24) is 9.78 Å². The molecule has 0 radical (unpaired) electrons. The molecule has 0 spiro atoms. The number of aromatic nitrogens is 2. The number of hydrogen-bond donors (Lipinski definition) is 0. The van der Waals surface area contributed by atoms with Crippen LogP contribution >= 0.6 is 0 Å². The summed E-state index contributed by atoms with van der Waals surface area (Å²) in [6, 6.07) is 2.19. The van der Waals surface area contributed by atoms with Crippen molar-refractivity contribution in [3.63, 3.8) is 0 Å². The van der Waals surface area contributed by atoms with E-state index < -0.39 is 0 Å². The van der Waals surface area contributed by atoms with Gasteiger partial charge in [0, 0.05) is 12.7 Å². The van der Waals surface area contributed by atoms with Gasteiger partial charge in [0.15, 0.2) is 0 Å². The Kier molecular flexibility index (Phi) is 5.44. The molecule has 2 heteroatoms. The van der Waals surface area contributed by atoms with Crippen LogP contribution in [0.25, 0.3) is 0 Å². The highest BCUT2D eigenvalue weighted by Gasteiger charge is 2.06. The van der Waals surface area contributed by atoms with E-state index >= 15 is 0 Å². The van der Waals surface area contributed by atoms with Crippen LogP contribution in [0.4, 0.5) is 0 Å². The molecule has 0 bridgehead atoms. The van der Waals surface area contributed by atoms with Crippen LogP contribution in [0.2, 0.25) is 0 Å². The second-order valence-corrected chi connectivity index (χ2v) is 3.19. The molecule has 0 saturated carbocycles. The van der Waals surface area contributed by atoms with Gasteiger partial charge < -0.3 is 0 Å². The average Bonchev–Trinajstić information content (AvgIpc) is 2.50. The Morgan fingerprint density at radius 3 is 2.15 bits per heavy atom. The first-order chi connectivity index (χ1) is 6.15. The van der Waals surface area contributed by atoms with E-state index in [1.807, 2.05) is 25.6 Å². The summed E-state index contributed by atoms with van der Waals surface area (Å²) in [7, 11) is 2.01. The summed E-state index contributed by atoms with van der Waals surface area (Å²) < 4.78 is 1.98. The molecule has 1 aromatic rings. The minimum Gasteiger partial charge on any atom is -0.272 e. The third-order valence-corrected chi connectivity index (χ3v) is 1.92. The molecule has 0 aliphatic carbocycles. The summed E-state index contributed by atoms with van der Waals surface area (Å²) in [5.41, 5.74) is 2.51. The Morgan fingerprint density at radius 2 is 1.92 bits per heavy atom. The van der Waals surface area contributed by atoms with Crippen molar-refractivity contribution in [3.8, 4) is 0 Å². The summed E-state index contributed by atoms with van der Waals surface area (Å²) in [4.78, 5) is 0. The molecule has 0 N–H and O–H groups in total. The van der Waals surface area contributed by atoms with Gasteiger partial charge in [-0.15, -0.1) is 0 Å². The van der Waals surface area contributed by atoms with E-state index in [0.29, 0.717) is 5.92 Å². The van der Waals surface area contributed by atoms with Crippen molar-refractivity contribution in [3.05, 3.63) is 17.5 Å². The van der Waals surface area contributed by atoms with Crippen LogP contribution in [0.3, 0.4) is 0 Å². The molecular weight excluding hydrogens is 160 g/mol. The van der Waals surface area contributed by atoms with Gasteiger partial charge in [-0.25, -0.2) is 0 Å². The molecule has 76 valence electrons. The van der Waals surface area contributed by atoms with Crippen molar-refractivity contribution in [2.75, 3.05) is 0 Å². The number of nitrogens with zero attached hydrogens (tertiary/aromatic N) is 2. The molecule has 13 heavy (non-hydrogen) atoms. The van der Waals surface area contributed by atoms with Gasteiger partial charge in [-0.05, 0) is 18.4 Å². The van der Waals surface area contributed by atoms with E-state index in [2.05, 4.69) is 31.9 Å². The Bertz CT molecular complexity index is 236.